The summed E-state index contributed by atoms with van der Waals surface area (Å²) in [5, 5.41) is 1.31. The van der Waals surface area contributed by atoms with Crippen molar-refractivity contribution in [2.24, 2.45) is 11.8 Å². The third kappa shape index (κ3) is 19.0. The van der Waals surface area contributed by atoms with Gasteiger partial charge in [0.05, 0.1) is 37.9 Å². The Morgan fingerprint density at radius 1 is 0.679 bits per heavy atom. The lowest BCUT2D eigenvalue weighted by Crippen LogP contribution is -2.47. The van der Waals surface area contributed by atoms with Crippen LogP contribution in [0.1, 0.15) is 109 Å². The van der Waals surface area contributed by atoms with Crippen molar-refractivity contribution >= 4 is 39.2 Å². The average molecular weight is 855 g/mol. The molecule has 11 heteroatoms. The van der Waals surface area contributed by atoms with Crippen molar-refractivity contribution in [2.45, 2.75) is 202 Å². The maximum Gasteiger partial charge on any atom is 0.251 e. The van der Waals surface area contributed by atoms with Crippen molar-refractivity contribution in [3.05, 3.63) is 47.6 Å². The predicted molar refractivity (Wildman–Crippen MR) is 253 cm³/mol. The first-order valence-electron chi connectivity index (χ1n) is 22.5. The molecule has 0 bridgehead atoms. The van der Waals surface area contributed by atoms with Crippen LogP contribution in [0.3, 0.4) is 0 Å². The maximum absolute atomic E-state index is 12.9. The molecule has 7 nitrogen and oxygen atoms in total. The average Bonchev–Trinajstić information content (AvgIpc) is 3.19. The fourth-order valence-electron chi connectivity index (χ4n) is 7.51. The van der Waals surface area contributed by atoms with E-state index in [1.165, 1.54) is 23.3 Å². The van der Waals surface area contributed by atoms with Crippen molar-refractivity contribution < 1.29 is 27.3 Å². The molecular formula is C45H91NO6Si4. The van der Waals surface area contributed by atoms with Crippen LogP contribution in [-0.2, 0) is 27.3 Å². The second-order valence-electron chi connectivity index (χ2n) is 17.2. The van der Waals surface area contributed by atoms with Gasteiger partial charge in [-0.25, -0.2) is 5.06 Å². The fourth-order valence-corrected chi connectivity index (χ4v) is 17.0. The van der Waals surface area contributed by atoms with Gasteiger partial charge in [-0.2, -0.15) is 0 Å². The van der Waals surface area contributed by atoms with Gasteiger partial charge in [-0.05, 0) is 107 Å². The van der Waals surface area contributed by atoms with Gasteiger partial charge in [0, 0.05) is 13.0 Å². The molecule has 0 rings (SSSR count). The molecule has 0 unspecified atom stereocenters. The topological polar surface area (TPSA) is 66.5 Å². The summed E-state index contributed by atoms with van der Waals surface area (Å²) < 4.78 is 27.8. The molecule has 328 valence electrons. The summed E-state index contributed by atoms with van der Waals surface area (Å²) in [7, 11) is -4.17. The summed E-state index contributed by atoms with van der Waals surface area (Å²) >= 11 is 0. The van der Waals surface area contributed by atoms with E-state index in [-0.39, 0.29) is 36.1 Å². The SMILES string of the molecule is CC[Si](CC)(CC)OC/C=C/[C@@H](O[Si](CC)(CC)CC)[C@H](C)[C@H](/C=C/C(C)=C/C/C=C(\C)CC[C@@H](O[Si](C)(C)C)[C@H](C)C(=O)N(C)OC)O[Si](CC)(CC)CC. The third-order valence-electron chi connectivity index (χ3n) is 12.7. The van der Waals surface area contributed by atoms with Crippen molar-refractivity contribution in [1.82, 2.24) is 5.06 Å². The summed E-state index contributed by atoms with van der Waals surface area (Å²) in [6.45, 7) is 36.7. The van der Waals surface area contributed by atoms with Gasteiger partial charge < -0.3 is 17.7 Å². The zero-order valence-electron chi connectivity index (χ0n) is 39.9. The zero-order chi connectivity index (χ0) is 43.2. The highest BCUT2D eigenvalue weighted by Gasteiger charge is 2.39. The number of amides is 1. The van der Waals surface area contributed by atoms with Crippen LogP contribution in [0.5, 0.6) is 0 Å². The van der Waals surface area contributed by atoms with Crippen LogP contribution in [-0.4, -0.2) is 83.3 Å². The van der Waals surface area contributed by atoms with Gasteiger partial charge in [0.1, 0.15) is 0 Å². The molecule has 0 N–H and O–H groups in total. The molecule has 0 fully saturated rings. The van der Waals surface area contributed by atoms with Gasteiger partial charge in [-0.15, -0.1) is 0 Å². The molecule has 1 amide bonds. The molecule has 0 saturated carbocycles. The van der Waals surface area contributed by atoms with Crippen LogP contribution < -0.4 is 0 Å². The monoisotopic (exact) mass is 854 g/mol. The van der Waals surface area contributed by atoms with Gasteiger partial charge in [0.25, 0.3) is 5.91 Å². The Kier molecular flexibility index (Phi) is 27.3. The van der Waals surface area contributed by atoms with Gasteiger partial charge in [-0.3, -0.25) is 9.63 Å². The van der Waals surface area contributed by atoms with Crippen LogP contribution in [0.4, 0.5) is 0 Å². The van der Waals surface area contributed by atoms with Gasteiger partial charge >= 0.3 is 0 Å². The van der Waals surface area contributed by atoms with Crippen LogP contribution in [0, 0.1) is 11.8 Å². The van der Waals surface area contributed by atoms with Crippen molar-refractivity contribution in [3.8, 4) is 0 Å². The van der Waals surface area contributed by atoms with E-state index in [0.717, 1.165) is 73.7 Å². The molecule has 5 atom stereocenters. The van der Waals surface area contributed by atoms with Gasteiger partial charge in [0.15, 0.2) is 33.3 Å². The highest BCUT2D eigenvalue weighted by Crippen LogP contribution is 2.33. The Labute approximate surface area is 351 Å². The Balaban J connectivity index is 6.45. The number of hydrogen-bond donors (Lipinski definition) is 0. The fraction of sp³-hybridized carbons (Fsp3) is 0.800. The molecule has 0 aromatic carbocycles. The standard InChI is InChI=1S/C45H91NO6Si4/c1-19-54(20-2,21-3)49-37-29-32-42(51-55(22-4,23-5)24-6)40(12)43(52-56(25-7,26-8)27-9)35-33-38(10)30-28-31-39(11)34-36-44(50-53(16,17)18)41(13)45(47)46(14)48-15/h29-33,35,40-44H,19-28,34,36-37H2,1-18H3/b32-29+,35-33+,38-30+,39-31+/t40-,41-,42+,43-,44+/m0/s1. The molecule has 0 aliphatic rings. The normalized spacial score (nSPS) is 16.8. The third-order valence-corrected chi connectivity index (χ3v) is 27.7. The molecule has 56 heavy (non-hydrogen) atoms. The minimum absolute atomic E-state index is 0.0329. The number of carbonyl (C=O) groups is 1. The van der Waals surface area contributed by atoms with E-state index in [9.17, 15) is 4.79 Å². The second kappa shape index (κ2) is 27.8. The lowest BCUT2D eigenvalue weighted by Gasteiger charge is -2.40. The Hall–Kier alpha value is -0.902. The van der Waals surface area contributed by atoms with Crippen molar-refractivity contribution in [1.29, 1.82) is 0 Å². The maximum atomic E-state index is 12.9. The summed E-state index contributed by atoms with van der Waals surface area (Å²) in [6.07, 6.45) is 16.1. The number of hydrogen-bond acceptors (Lipinski definition) is 6. The molecule has 0 heterocycles. The van der Waals surface area contributed by atoms with Crippen LogP contribution in [0.15, 0.2) is 47.6 Å². The van der Waals surface area contributed by atoms with Crippen molar-refractivity contribution in [3.63, 3.8) is 0 Å². The second-order valence-corrected chi connectivity index (χ2v) is 35.9. The summed E-state index contributed by atoms with van der Waals surface area (Å²) in [5.41, 5.74) is 2.54. The van der Waals surface area contributed by atoms with Gasteiger partial charge in [0.2, 0.25) is 0 Å². The Morgan fingerprint density at radius 3 is 1.57 bits per heavy atom. The highest BCUT2D eigenvalue weighted by molar-refractivity contribution is 6.74. The molecule has 0 radical (unpaired) electrons. The molecule has 0 aromatic heterocycles. The van der Waals surface area contributed by atoms with Crippen molar-refractivity contribution in [2.75, 3.05) is 20.8 Å². The first-order chi connectivity index (χ1) is 26.3. The molecule has 0 saturated heterocycles. The lowest BCUT2D eigenvalue weighted by molar-refractivity contribution is -0.175. The molecule has 0 aliphatic heterocycles. The summed E-state index contributed by atoms with van der Waals surface area (Å²) in [6, 6.07) is 10.2. The lowest BCUT2D eigenvalue weighted by atomic mass is 9.96. The molecule has 0 spiro atoms. The molecule has 0 aromatic rings. The van der Waals surface area contributed by atoms with E-state index in [1.807, 2.05) is 6.92 Å². The predicted octanol–water partition coefficient (Wildman–Crippen LogP) is 13.5. The van der Waals surface area contributed by atoms with E-state index in [1.54, 1.807) is 7.05 Å². The van der Waals surface area contributed by atoms with E-state index < -0.39 is 33.3 Å². The molecular weight excluding hydrogens is 763 g/mol. The first kappa shape index (κ1) is 55.1. The number of nitrogens with zero attached hydrogens (tertiary/aromatic N) is 1. The zero-order valence-corrected chi connectivity index (χ0v) is 43.9. The van der Waals surface area contributed by atoms with Gasteiger partial charge in [-0.1, -0.05) is 124 Å². The Bertz CT molecular complexity index is 1180. The smallest absolute Gasteiger partial charge is 0.251 e. The highest BCUT2D eigenvalue weighted by atomic mass is 28.4. The van der Waals surface area contributed by atoms with Crippen LogP contribution in [0.2, 0.25) is 74.0 Å². The Morgan fingerprint density at radius 2 is 1.14 bits per heavy atom. The number of hydroxylamine groups is 2. The number of allylic oxidation sites excluding steroid dienone is 5. The van der Waals surface area contributed by atoms with E-state index in [2.05, 4.69) is 139 Å². The summed E-state index contributed by atoms with van der Waals surface area (Å²) in [5.74, 6) is -0.174. The minimum Gasteiger partial charge on any atom is -0.414 e. The minimum atomic E-state index is -1.93. The van der Waals surface area contributed by atoms with Crippen LogP contribution in [0.25, 0.3) is 0 Å². The quantitative estimate of drug-likeness (QED) is 0.0300. The van der Waals surface area contributed by atoms with Crippen LogP contribution >= 0.6 is 0 Å². The first-order valence-corrected chi connectivity index (χ1v) is 33.5. The number of carbonyl (C=O) groups excluding carboxylic acids is 1. The summed E-state index contributed by atoms with van der Waals surface area (Å²) in [4.78, 5) is 18.1. The largest absolute Gasteiger partial charge is 0.414 e. The van der Waals surface area contributed by atoms with E-state index in [4.69, 9.17) is 22.5 Å². The van der Waals surface area contributed by atoms with E-state index in [0.29, 0.717) is 6.61 Å². The van der Waals surface area contributed by atoms with E-state index >= 15 is 0 Å². The number of rotatable bonds is 31. The molecule has 0 aliphatic carbocycles.